The van der Waals surface area contributed by atoms with E-state index >= 15 is 0 Å². The van der Waals surface area contributed by atoms with E-state index in [1.807, 2.05) is 6.07 Å². The molecule has 0 aliphatic carbocycles. The van der Waals surface area contributed by atoms with Crippen LogP contribution in [0.1, 0.15) is 19.0 Å². The highest BCUT2D eigenvalue weighted by molar-refractivity contribution is 6.30. The van der Waals surface area contributed by atoms with Gasteiger partial charge in [0, 0.05) is 11.6 Å². The van der Waals surface area contributed by atoms with Gasteiger partial charge in [0.1, 0.15) is 12.0 Å². The fourth-order valence-electron chi connectivity index (χ4n) is 1.44. The van der Waals surface area contributed by atoms with E-state index in [2.05, 4.69) is 17.2 Å². The summed E-state index contributed by atoms with van der Waals surface area (Å²) < 4.78 is 10.7. The lowest BCUT2D eigenvalue weighted by Crippen LogP contribution is -2.13. The zero-order valence-corrected chi connectivity index (χ0v) is 10.9. The van der Waals surface area contributed by atoms with Gasteiger partial charge in [0.2, 0.25) is 0 Å². The second kappa shape index (κ2) is 6.42. The second-order valence-electron chi connectivity index (χ2n) is 3.84. The molecule has 1 heterocycles. The Morgan fingerprint density at radius 2 is 2.33 bits per heavy atom. The van der Waals surface area contributed by atoms with Crippen LogP contribution in [0.15, 0.2) is 34.9 Å². The molecule has 0 saturated carbocycles. The Labute approximate surface area is 111 Å². The summed E-state index contributed by atoms with van der Waals surface area (Å²) in [5, 5.41) is 3.85. The molecule has 0 unspecified atom stereocenters. The van der Waals surface area contributed by atoms with Crippen molar-refractivity contribution in [3.63, 3.8) is 0 Å². The van der Waals surface area contributed by atoms with Crippen LogP contribution >= 0.6 is 11.6 Å². The van der Waals surface area contributed by atoms with E-state index in [0.717, 1.165) is 18.7 Å². The van der Waals surface area contributed by atoms with E-state index < -0.39 is 0 Å². The smallest absolute Gasteiger partial charge is 0.399 e. The van der Waals surface area contributed by atoms with Gasteiger partial charge >= 0.3 is 6.08 Å². The van der Waals surface area contributed by atoms with Crippen LogP contribution in [0.25, 0.3) is 0 Å². The molecule has 0 saturated heterocycles. The molecule has 0 aliphatic rings. The number of rotatable bonds is 6. The minimum Gasteiger partial charge on any atom is -0.417 e. The predicted octanol–water partition coefficient (Wildman–Crippen LogP) is 3.62. The third-order valence-electron chi connectivity index (χ3n) is 2.26. The fraction of sp³-hybridized carbons (Fsp3) is 0.308. The first kappa shape index (κ1) is 12.9. The van der Waals surface area contributed by atoms with Crippen LogP contribution in [0.5, 0.6) is 11.8 Å². The predicted molar refractivity (Wildman–Crippen MR) is 70.0 cm³/mol. The summed E-state index contributed by atoms with van der Waals surface area (Å²) >= 11 is 5.86. The lowest BCUT2D eigenvalue weighted by Gasteiger charge is -2.00. The maximum absolute atomic E-state index is 5.86. The topological polar surface area (TPSA) is 47.3 Å². The Hall–Kier alpha value is -1.52. The van der Waals surface area contributed by atoms with Crippen LogP contribution in [0, 0.1) is 0 Å². The van der Waals surface area contributed by atoms with Gasteiger partial charge in [-0.15, -0.1) is 0 Å². The first-order valence-corrected chi connectivity index (χ1v) is 6.24. The average Bonchev–Trinajstić information content (AvgIpc) is 2.77. The van der Waals surface area contributed by atoms with Gasteiger partial charge in [0.15, 0.2) is 0 Å². The number of nitrogens with one attached hydrogen (secondary N) is 1. The van der Waals surface area contributed by atoms with Gasteiger partial charge in [0.05, 0.1) is 5.69 Å². The van der Waals surface area contributed by atoms with Gasteiger partial charge < -0.3 is 14.5 Å². The van der Waals surface area contributed by atoms with E-state index in [1.54, 1.807) is 24.5 Å². The van der Waals surface area contributed by atoms with Gasteiger partial charge in [-0.2, -0.15) is 4.98 Å². The second-order valence-corrected chi connectivity index (χ2v) is 4.28. The molecule has 1 aromatic carbocycles. The van der Waals surface area contributed by atoms with Crippen molar-refractivity contribution < 1.29 is 9.15 Å². The molecule has 0 radical (unpaired) electrons. The third kappa shape index (κ3) is 3.75. The van der Waals surface area contributed by atoms with E-state index in [0.29, 0.717) is 17.3 Å². The van der Waals surface area contributed by atoms with Crippen molar-refractivity contribution in [2.24, 2.45) is 0 Å². The van der Waals surface area contributed by atoms with Gasteiger partial charge in [-0.25, -0.2) is 0 Å². The Morgan fingerprint density at radius 3 is 3.11 bits per heavy atom. The van der Waals surface area contributed by atoms with Crippen molar-refractivity contribution in [3.05, 3.63) is 41.2 Å². The van der Waals surface area contributed by atoms with Crippen LogP contribution in [0.2, 0.25) is 5.02 Å². The molecule has 2 rings (SSSR count). The number of aromatic nitrogens is 1. The Balaban J connectivity index is 1.94. The summed E-state index contributed by atoms with van der Waals surface area (Å²) in [6.07, 6.45) is 2.90. The highest BCUT2D eigenvalue weighted by Crippen LogP contribution is 2.23. The Morgan fingerprint density at radius 1 is 1.44 bits per heavy atom. The molecular formula is C13H15ClN2O2. The summed E-state index contributed by atoms with van der Waals surface area (Å²) in [7, 11) is 0. The van der Waals surface area contributed by atoms with Crippen molar-refractivity contribution in [2.45, 2.75) is 19.9 Å². The van der Waals surface area contributed by atoms with Crippen molar-refractivity contribution in [1.29, 1.82) is 0 Å². The normalized spacial score (nSPS) is 10.6. The van der Waals surface area contributed by atoms with Crippen LogP contribution in [0.3, 0.4) is 0 Å². The maximum atomic E-state index is 5.86. The number of hydrogen-bond donors (Lipinski definition) is 1. The molecule has 0 aliphatic heterocycles. The molecule has 96 valence electrons. The first-order chi connectivity index (χ1) is 8.78. The summed E-state index contributed by atoms with van der Waals surface area (Å²) in [5.74, 6) is 0.609. The standard InChI is InChI=1S/C13H15ClN2O2/c1-2-6-15-8-11-9-17-13(16-11)18-12-5-3-4-10(14)7-12/h3-5,7,9,15H,2,6,8H2,1H3. The number of oxazole rings is 1. The molecule has 2 aromatic rings. The molecule has 0 spiro atoms. The lowest BCUT2D eigenvalue weighted by molar-refractivity contribution is 0.331. The molecule has 5 heteroatoms. The first-order valence-electron chi connectivity index (χ1n) is 5.86. The number of nitrogens with zero attached hydrogens (tertiary/aromatic N) is 1. The Bertz CT molecular complexity index is 499. The van der Waals surface area contributed by atoms with Crippen LogP contribution < -0.4 is 10.1 Å². The fourth-order valence-corrected chi connectivity index (χ4v) is 1.62. The summed E-state index contributed by atoms with van der Waals surface area (Å²) in [5.41, 5.74) is 0.820. The highest BCUT2D eigenvalue weighted by Gasteiger charge is 2.06. The van der Waals surface area contributed by atoms with Crippen LogP contribution in [-0.4, -0.2) is 11.5 Å². The highest BCUT2D eigenvalue weighted by atomic mass is 35.5. The molecule has 0 bridgehead atoms. The summed E-state index contributed by atoms with van der Waals surface area (Å²) in [4.78, 5) is 4.21. The zero-order chi connectivity index (χ0) is 12.8. The van der Waals surface area contributed by atoms with E-state index in [-0.39, 0.29) is 6.08 Å². The van der Waals surface area contributed by atoms with Gasteiger partial charge in [-0.1, -0.05) is 24.6 Å². The van der Waals surface area contributed by atoms with E-state index in [9.17, 15) is 0 Å². The number of hydrogen-bond acceptors (Lipinski definition) is 4. The molecule has 1 aromatic heterocycles. The number of benzene rings is 1. The van der Waals surface area contributed by atoms with Crippen LogP contribution in [-0.2, 0) is 6.54 Å². The van der Waals surface area contributed by atoms with E-state index in [1.165, 1.54) is 0 Å². The molecule has 0 fully saturated rings. The molecule has 18 heavy (non-hydrogen) atoms. The molecule has 0 atom stereocenters. The van der Waals surface area contributed by atoms with Crippen molar-refractivity contribution >= 4 is 11.6 Å². The van der Waals surface area contributed by atoms with Crippen molar-refractivity contribution in [1.82, 2.24) is 10.3 Å². The van der Waals surface area contributed by atoms with Gasteiger partial charge in [0.25, 0.3) is 0 Å². The summed E-state index contributed by atoms with van der Waals surface area (Å²) in [6.45, 7) is 3.75. The van der Waals surface area contributed by atoms with Crippen molar-refractivity contribution in [3.8, 4) is 11.8 Å². The monoisotopic (exact) mass is 266 g/mol. The zero-order valence-electron chi connectivity index (χ0n) is 10.1. The largest absolute Gasteiger partial charge is 0.417 e. The van der Waals surface area contributed by atoms with Gasteiger partial charge in [-0.05, 0) is 31.2 Å². The molecule has 1 N–H and O–H groups in total. The molecule has 0 amide bonds. The van der Waals surface area contributed by atoms with Gasteiger partial charge in [-0.3, -0.25) is 0 Å². The van der Waals surface area contributed by atoms with Crippen LogP contribution in [0.4, 0.5) is 0 Å². The molecular weight excluding hydrogens is 252 g/mol. The van der Waals surface area contributed by atoms with Crippen molar-refractivity contribution in [2.75, 3.05) is 6.54 Å². The summed E-state index contributed by atoms with van der Waals surface area (Å²) in [6, 6.07) is 7.10. The quantitative estimate of drug-likeness (QED) is 0.811. The minimum absolute atomic E-state index is 0.227. The number of halogens is 1. The Kier molecular flexibility index (Phi) is 4.61. The average molecular weight is 267 g/mol. The molecule has 4 nitrogen and oxygen atoms in total. The maximum Gasteiger partial charge on any atom is 0.399 e. The SMILES string of the molecule is CCCNCc1coc(Oc2cccc(Cl)c2)n1. The van der Waals surface area contributed by atoms with E-state index in [4.69, 9.17) is 20.8 Å². The number of ether oxygens (including phenoxy) is 1. The minimum atomic E-state index is 0.227. The third-order valence-corrected chi connectivity index (χ3v) is 2.50. The lowest BCUT2D eigenvalue weighted by atomic mass is 10.3.